The normalized spacial score (nSPS) is 10.5. The lowest BCUT2D eigenvalue weighted by Gasteiger charge is -2.09. The van der Waals surface area contributed by atoms with Crippen molar-refractivity contribution in [3.63, 3.8) is 0 Å². The van der Waals surface area contributed by atoms with E-state index in [0.29, 0.717) is 24.6 Å². The molecule has 0 atom stereocenters. The summed E-state index contributed by atoms with van der Waals surface area (Å²) in [5.41, 5.74) is 1.58. The predicted molar refractivity (Wildman–Crippen MR) is 124 cm³/mol. The van der Waals surface area contributed by atoms with Crippen molar-refractivity contribution in [2.75, 3.05) is 26.4 Å². The summed E-state index contributed by atoms with van der Waals surface area (Å²) in [7, 11) is 0. The summed E-state index contributed by atoms with van der Waals surface area (Å²) in [5, 5.41) is 7.13. The maximum Gasteiger partial charge on any atom is 0.343 e. The minimum atomic E-state index is -0.697. The number of aryl methyl sites for hydroxylation is 1. The van der Waals surface area contributed by atoms with Crippen molar-refractivity contribution >= 4 is 23.5 Å². The molecule has 0 fully saturated rings. The standard InChI is InChI=1S/C24H26ClN3O5/c1-3-31-19-9-11-20(12-10-19)32-14-13-26-21(29)16-33-24(30)22-17(2)27-28(23(22)25)15-18-7-5-4-6-8-18/h4-12H,3,13-16H2,1-2H3,(H,26,29). The van der Waals surface area contributed by atoms with Crippen molar-refractivity contribution in [3.05, 3.63) is 76.6 Å². The number of amides is 1. The van der Waals surface area contributed by atoms with Gasteiger partial charge in [0.2, 0.25) is 0 Å². The molecule has 174 valence electrons. The molecule has 0 aliphatic carbocycles. The summed E-state index contributed by atoms with van der Waals surface area (Å²) >= 11 is 6.35. The maximum absolute atomic E-state index is 12.5. The van der Waals surface area contributed by atoms with Gasteiger partial charge in [0.1, 0.15) is 28.8 Å². The van der Waals surface area contributed by atoms with E-state index in [9.17, 15) is 9.59 Å². The molecule has 9 heteroatoms. The van der Waals surface area contributed by atoms with Crippen LogP contribution >= 0.6 is 11.6 Å². The molecule has 1 amide bonds. The van der Waals surface area contributed by atoms with E-state index in [1.54, 1.807) is 19.1 Å². The van der Waals surface area contributed by atoms with Crippen LogP contribution in [0.15, 0.2) is 54.6 Å². The van der Waals surface area contributed by atoms with Gasteiger partial charge in [0.05, 0.1) is 25.4 Å². The summed E-state index contributed by atoms with van der Waals surface area (Å²) in [6, 6.07) is 16.8. The van der Waals surface area contributed by atoms with Gasteiger partial charge in [-0.3, -0.25) is 4.79 Å². The highest BCUT2D eigenvalue weighted by Crippen LogP contribution is 2.22. The van der Waals surface area contributed by atoms with Gasteiger partial charge in [0, 0.05) is 0 Å². The number of carbonyl (C=O) groups is 2. The van der Waals surface area contributed by atoms with Gasteiger partial charge in [-0.15, -0.1) is 0 Å². The first kappa shape index (κ1) is 24.1. The molecule has 0 unspecified atom stereocenters. The molecule has 0 aliphatic rings. The Morgan fingerprint density at radius 1 is 1.03 bits per heavy atom. The van der Waals surface area contributed by atoms with Gasteiger partial charge >= 0.3 is 5.97 Å². The summed E-state index contributed by atoms with van der Waals surface area (Å²) in [6.45, 7) is 4.70. The van der Waals surface area contributed by atoms with Crippen LogP contribution in [0.2, 0.25) is 5.15 Å². The molecule has 0 bridgehead atoms. The molecule has 0 saturated carbocycles. The van der Waals surface area contributed by atoms with E-state index in [4.69, 9.17) is 25.8 Å². The molecular weight excluding hydrogens is 446 g/mol. The van der Waals surface area contributed by atoms with Gasteiger partial charge in [0.15, 0.2) is 6.61 Å². The van der Waals surface area contributed by atoms with E-state index >= 15 is 0 Å². The smallest absolute Gasteiger partial charge is 0.343 e. The molecule has 8 nitrogen and oxygen atoms in total. The van der Waals surface area contributed by atoms with Crippen molar-refractivity contribution in [1.29, 1.82) is 0 Å². The summed E-state index contributed by atoms with van der Waals surface area (Å²) in [5.74, 6) is 0.291. The number of nitrogens with zero attached hydrogens (tertiary/aromatic N) is 2. The Morgan fingerprint density at radius 2 is 1.70 bits per heavy atom. The lowest BCUT2D eigenvalue weighted by atomic mass is 10.2. The molecule has 1 heterocycles. The highest BCUT2D eigenvalue weighted by atomic mass is 35.5. The van der Waals surface area contributed by atoms with Crippen LogP contribution in [0.25, 0.3) is 0 Å². The Balaban J connectivity index is 1.42. The number of nitrogens with one attached hydrogen (secondary N) is 1. The monoisotopic (exact) mass is 471 g/mol. The van der Waals surface area contributed by atoms with Crippen LogP contribution in [-0.2, 0) is 16.1 Å². The highest BCUT2D eigenvalue weighted by molar-refractivity contribution is 6.32. The van der Waals surface area contributed by atoms with Crippen molar-refractivity contribution in [1.82, 2.24) is 15.1 Å². The van der Waals surface area contributed by atoms with Gasteiger partial charge in [0.25, 0.3) is 5.91 Å². The van der Waals surface area contributed by atoms with E-state index in [1.165, 1.54) is 4.68 Å². The predicted octanol–water partition coefficient (Wildman–Crippen LogP) is 3.64. The van der Waals surface area contributed by atoms with Crippen molar-refractivity contribution < 1.29 is 23.8 Å². The molecule has 2 aromatic carbocycles. The molecule has 0 radical (unpaired) electrons. The van der Waals surface area contributed by atoms with Crippen molar-refractivity contribution in [2.24, 2.45) is 0 Å². The molecule has 0 saturated heterocycles. The Hall–Kier alpha value is -3.52. The zero-order valence-electron chi connectivity index (χ0n) is 18.5. The maximum atomic E-state index is 12.5. The SMILES string of the molecule is CCOc1ccc(OCCNC(=O)COC(=O)c2c(C)nn(Cc3ccccc3)c2Cl)cc1. The third kappa shape index (κ3) is 6.98. The minimum Gasteiger partial charge on any atom is -0.494 e. The van der Waals surface area contributed by atoms with Gasteiger partial charge in [-0.25, -0.2) is 9.48 Å². The molecule has 0 aliphatic heterocycles. The number of rotatable bonds is 11. The van der Waals surface area contributed by atoms with Gasteiger partial charge in [-0.2, -0.15) is 5.10 Å². The third-order valence-corrected chi connectivity index (χ3v) is 4.99. The fraction of sp³-hybridized carbons (Fsp3) is 0.292. The molecule has 0 spiro atoms. The second kappa shape index (κ2) is 11.9. The summed E-state index contributed by atoms with van der Waals surface area (Å²) in [4.78, 5) is 24.5. The molecule has 33 heavy (non-hydrogen) atoms. The average Bonchev–Trinajstić information content (AvgIpc) is 3.09. The lowest BCUT2D eigenvalue weighted by molar-refractivity contribution is -0.124. The summed E-state index contributed by atoms with van der Waals surface area (Å²) < 4.78 is 17.6. The van der Waals surface area contributed by atoms with Crippen molar-refractivity contribution in [2.45, 2.75) is 20.4 Å². The topological polar surface area (TPSA) is 91.7 Å². The second-order valence-electron chi connectivity index (χ2n) is 7.07. The Labute approximate surface area is 197 Å². The minimum absolute atomic E-state index is 0.152. The number of halogens is 1. The van der Waals surface area contributed by atoms with E-state index in [1.807, 2.05) is 49.4 Å². The number of hydrogen-bond donors (Lipinski definition) is 1. The Morgan fingerprint density at radius 3 is 2.36 bits per heavy atom. The fourth-order valence-electron chi connectivity index (χ4n) is 3.06. The highest BCUT2D eigenvalue weighted by Gasteiger charge is 2.22. The molecular formula is C24H26ClN3O5. The van der Waals surface area contributed by atoms with Crippen LogP contribution < -0.4 is 14.8 Å². The number of carbonyl (C=O) groups excluding carboxylic acids is 2. The first-order valence-electron chi connectivity index (χ1n) is 10.5. The van der Waals surface area contributed by atoms with Crippen LogP contribution in [0, 0.1) is 6.92 Å². The first-order chi connectivity index (χ1) is 16.0. The molecule has 3 rings (SSSR count). The van der Waals surface area contributed by atoms with E-state index in [0.717, 1.165) is 11.3 Å². The van der Waals surface area contributed by atoms with E-state index < -0.39 is 18.5 Å². The lowest BCUT2D eigenvalue weighted by Crippen LogP contribution is -2.32. The van der Waals surface area contributed by atoms with Crippen LogP contribution in [-0.4, -0.2) is 48.0 Å². The Kier molecular flexibility index (Phi) is 8.71. The van der Waals surface area contributed by atoms with Crippen LogP contribution in [0.1, 0.15) is 28.5 Å². The second-order valence-corrected chi connectivity index (χ2v) is 7.43. The quantitative estimate of drug-likeness (QED) is 0.339. The number of ether oxygens (including phenoxy) is 3. The van der Waals surface area contributed by atoms with Crippen LogP contribution in [0.4, 0.5) is 0 Å². The Bertz CT molecular complexity index is 1070. The number of aromatic nitrogens is 2. The van der Waals surface area contributed by atoms with Crippen molar-refractivity contribution in [3.8, 4) is 11.5 Å². The third-order valence-electron chi connectivity index (χ3n) is 4.61. The van der Waals surface area contributed by atoms with E-state index in [2.05, 4.69) is 10.4 Å². The largest absolute Gasteiger partial charge is 0.494 e. The zero-order chi connectivity index (χ0) is 23.6. The molecule has 1 N–H and O–H groups in total. The summed E-state index contributed by atoms with van der Waals surface area (Å²) in [6.07, 6.45) is 0. The number of esters is 1. The van der Waals surface area contributed by atoms with Gasteiger partial charge < -0.3 is 19.5 Å². The zero-order valence-corrected chi connectivity index (χ0v) is 19.3. The molecule has 1 aromatic heterocycles. The van der Waals surface area contributed by atoms with Gasteiger partial charge in [-0.1, -0.05) is 41.9 Å². The van der Waals surface area contributed by atoms with Crippen LogP contribution in [0.3, 0.4) is 0 Å². The average molecular weight is 472 g/mol. The molecule has 3 aromatic rings. The van der Waals surface area contributed by atoms with E-state index in [-0.39, 0.29) is 23.9 Å². The van der Waals surface area contributed by atoms with Gasteiger partial charge in [-0.05, 0) is 43.7 Å². The fourth-order valence-corrected chi connectivity index (χ4v) is 3.37. The number of benzene rings is 2. The first-order valence-corrected chi connectivity index (χ1v) is 10.9. The number of hydrogen-bond acceptors (Lipinski definition) is 6. The van der Waals surface area contributed by atoms with Crippen LogP contribution in [0.5, 0.6) is 11.5 Å².